The lowest BCUT2D eigenvalue weighted by molar-refractivity contribution is -0.167. The summed E-state index contributed by atoms with van der Waals surface area (Å²) in [6.07, 6.45) is 1.53. The lowest BCUT2D eigenvalue weighted by Gasteiger charge is -2.32. The number of hydrogen-bond donors (Lipinski definition) is 1. The van der Waals surface area contributed by atoms with Gasteiger partial charge in [-0.05, 0) is 38.8 Å². The van der Waals surface area contributed by atoms with Crippen molar-refractivity contribution in [2.24, 2.45) is 5.92 Å². The van der Waals surface area contributed by atoms with Crippen molar-refractivity contribution in [3.05, 3.63) is 30.3 Å². The molecule has 2 amide bonds. The lowest BCUT2D eigenvalue weighted by Crippen LogP contribution is -2.46. The molecule has 1 aliphatic rings. The van der Waals surface area contributed by atoms with Crippen LogP contribution in [-0.4, -0.2) is 75.7 Å². The normalized spacial score (nSPS) is 16.4. The van der Waals surface area contributed by atoms with Gasteiger partial charge in [0.2, 0.25) is 11.8 Å². The van der Waals surface area contributed by atoms with Gasteiger partial charge in [0.25, 0.3) is 0 Å². The van der Waals surface area contributed by atoms with Crippen LogP contribution in [0.5, 0.6) is 5.75 Å². The Labute approximate surface area is 185 Å². The maximum atomic E-state index is 12.5. The van der Waals surface area contributed by atoms with Crippen molar-refractivity contribution in [3.63, 3.8) is 0 Å². The van der Waals surface area contributed by atoms with Crippen LogP contribution in [0.4, 0.5) is 0 Å². The molecule has 1 saturated heterocycles. The first-order valence-corrected chi connectivity index (χ1v) is 11.2. The minimum atomic E-state index is -0.380. The number of piperidine rings is 1. The highest BCUT2D eigenvalue weighted by Gasteiger charge is 2.28. The van der Waals surface area contributed by atoms with Gasteiger partial charge in [0.05, 0.1) is 32.2 Å². The van der Waals surface area contributed by atoms with E-state index in [9.17, 15) is 9.59 Å². The molecule has 8 heteroatoms. The summed E-state index contributed by atoms with van der Waals surface area (Å²) in [5.41, 5.74) is 0. The largest absolute Gasteiger partial charge is 0.493 e. The molecule has 31 heavy (non-hydrogen) atoms. The summed E-state index contributed by atoms with van der Waals surface area (Å²) in [4.78, 5) is 26.8. The summed E-state index contributed by atoms with van der Waals surface area (Å²) in [5, 5.41) is 2.91. The van der Waals surface area contributed by atoms with Gasteiger partial charge in [0.15, 0.2) is 6.29 Å². The molecule has 1 fully saturated rings. The Morgan fingerprint density at radius 2 is 1.87 bits per heavy atom. The smallest absolute Gasteiger partial charge is 0.226 e. The first-order valence-electron chi connectivity index (χ1n) is 11.2. The molecule has 174 valence electrons. The number of carbonyl (C=O) groups is 2. The average molecular weight is 437 g/mol. The predicted molar refractivity (Wildman–Crippen MR) is 117 cm³/mol. The summed E-state index contributed by atoms with van der Waals surface area (Å²) >= 11 is 0. The third kappa shape index (κ3) is 9.67. The van der Waals surface area contributed by atoms with Gasteiger partial charge in [0, 0.05) is 32.8 Å². The van der Waals surface area contributed by atoms with E-state index in [2.05, 4.69) is 5.32 Å². The van der Waals surface area contributed by atoms with Crippen molar-refractivity contribution < 1.29 is 28.5 Å². The number of carbonyl (C=O) groups excluding carboxylic acids is 2. The predicted octanol–water partition coefficient (Wildman–Crippen LogP) is 2.23. The van der Waals surface area contributed by atoms with Gasteiger partial charge < -0.3 is 29.2 Å². The highest BCUT2D eigenvalue weighted by molar-refractivity contribution is 5.81. The molecule has 0 bridgehead atoms. The number of likely N-dealkylation sites (tertiary alicyclic amines) is 1. The fourth-order valence-electron chi connectivity index (χ4n) is 3.44. The fraction of sp³-hybridized carbons (Fsp3) is 0.652. The number of benzene rings is 1. The van der Waals surface area contributed by atoms with Crippen molar-refractivity contribution in [2.75, 3.05) is 52.7 Å². The van der Waals surface area contributed by atoms with Gasteiger partial charge in [-0.1, -0.05) is 18.2 Å². The van der Waals surface area contributed by atoms with Crippen molar-refractivity contribution in [3.8, 4) is 5.75 Å². The van der Waals surface area contributed by atoms with Crippen LogP contribution in [0, 0.1) is 5.92 Å². The van der Waals surface area contributed by atoms with Crippen LogP contribution in [0.25, 0.3) is 0 Å². The summed E-state index contributed by atoms with van der Waals surface area (Å²) < 4.78 is 22.0. The first-order chi connectivity index (χ1) is 15.1. The van der Waals surface area contributed by atoms with Crippen molar-refractivity contribution in [1.29, 1.82) is 0 Å². The molecular formula is C23H36N2O6. The Balaban J connectivity index is 1.62. The van der Waals surface area contributed by atoms with E-state index >= 15 is 0 Å². The summed E-state index contributed by atoms with van der Waals surface area (Å²) in [6, 6.07) is 9.44. The van der Waals surface area contributed by atoms with Crippen LogP contribution in [0.2, 0.25) is 0 Å². The highest BCUT2D eigenvalue weighted by Crippen LogP contribution is 2.18. The summed E-state index contributed by atoms with van der Waals surface area (Å²) in [7, 11) is 0. The molecule has 0 aliphatic carbocycles. The lowest BCUT2D eigenvalue weighted by atomic mass is 9.97. The van der Waals surface area contributed by atoms with E-state index in [1.807, 2.05) is 44.2 Å². The number of amides is 2. The van der Waals surface area contributed by atoms with E-state index in [4.69, 9.17) is 18.9 Å². The Bertz CT molecular complexity index is 636. The minimum absolute atomic E-state index is 0.0228. The molecule has 1 aromatic rings. The third-order valence-corrected chi connectivity index (χ3v) is 4.98. The van der Waals surface area contributed by atoms with Crippen LogP contribution in [0.15, 0.2) is 30.3 Å². The molecular weight excluding hydrogens is 400 g/mol. The highest BCUT2D eigenvalue weighted by atomic mass is 16.7. The molecule has 1 N–H and O–H groups in total. The second-order valence-electron chi connectivity index (χ2n) is 7.30. The molecule has 8 nitrogen and oxygen atoms in total. The molecule has 0 spiro atoms. The molecule has 1 unspecified atom stereocenters. The van der Waals surface area contributed by atoms with Crippen molar-refractivity contribution >= 4 is 11.8 Å². The molecule has 1 atom stereocenters. The fourth-order valence-corrected chi connectivity index (χ4v) is 3.44. The van der Waals surface area contributed by atoms with Crippen LogP contribution in [0.3, 0.4) is 0 Å². The second-order valence-corrected chi connectivity index (χ2v) is 7.30. The zero-order valence-electron chi connectivity index (χ0n) is 18.7. The Kier molecular flexibility index (Phi) is 12.0. The van der Waals surface area contributed by atoms with E-state index in [1.54, 1.807) is 4.90 Å². The number of ether oxygens (including phenoxy) is 4. The molecule has 1 heterocycles. The zero-order chi connectivity index (χ0) is 22.3. The van der Waals surface area contributed by atoms with E-state index < -0.39 is 0 Å². The average Bonchev–Trinajstić information content (AvgIpc) is 2.79. The van der Waals surface area contributed by atoms with Crippen LogP contribution < -0.4 is 10.1 Å². The summed E-state index contributed by atoms with van der Waals surface area (Å²) in [5.74, 6) is 0.553. The van der Waals surface area contributed by atoms with E-state index in [0.717, 1.165) is 18.6 Å². The van der Waals surface area contributed by atoms with Gasteiger partial charge in [-0.15, -0.1) is 0 Å². The van der Waals surface area contributed by atoms with Gasteiger partial charge in [-0.3, -0.25) is 9.59 Å². The number of rotatable bonds is 14. The van der Waals surface area contributed by atoms with E-state index in [-0.39, 0.29) is 24.0 Å². The number of nitrogens with zero attached hydrogens (tertiary/aromatic N) is 1. The summed E-state index contributed by atoms with van der Waals surface area (Å²) in [6.45, 7) is 7.52. The van der Waals surface area contributed by atoms with E-state index in [0.29, 0.717) is 59.1 Å². The van der Waals surface area contributed by atoms with Crippen LogP contribution >= 0.6 is 0 Å². The minimum Gasteiger partial charge on any atom is -0.493 e. The standard InChI is InChI=1S/C23H36N2O6/c1-3-29-22(30-4-2)18-28-16-13-24-23(27)19-9-8-14-25(17-19)21(26)12-15-31-20-10-6-5-7-11-20/h5-7,10-11,19,22H,3-4,8-9,12-18H2,1-2H3,(H,24,27). The monoisotopic (exact) mass is 436 g/mol. The van der Waals surface area contributed by atoms with Gasteiger partial charge in [0.1, 0.15) is 5.75 Å². The third-order valence-electron chi connectivity index (χ3n) is 4.98. The Morgan fingerprint density at radius 3 is 2.58 bits per heavy atom. The van der Waals surface area contributed by atoms with Crippen LogP contribution in [-0.2, 0) is 23.8 Å². The Morgan fingerprint density at radius 1 is 1.13 bits per heavy atom. The van der Waals surface area contributed by atoms with Crippen LogP contribution in [0.1, 0.15) is 33.1 Å². The molecule has 0 aromatic heterocycles. The quantitative estimate of drug-likeness (QED) is 0.356. The van der Waals surface area contributed by atoms with Gasteiger partial charge in [-0.25, -0.2) is 0 Å². The molecule has 0 saturated carbocycles. The first kappa shape index (κ1) is 25.1. The maximum Gasteiger partial charge on any atom is 0.226 e. The Hall–Kier alpha value is -2.16. The van der Waals surface area contributed by atoms with Gasteiger partial charge in [-0.2, -0.15) is 0 Å². The molecule has 2 rings (SSSR count). The topological polar surface area (TPSA) is 86.3 Å². The molecule has 1 aromatic carbocycles. The number of para-hydroxylation sites is 1. The number of nitrogens with one attached hydrogen (secondary N) is 1. The zero-order valence-corrected chi connectivity index (χ0v) is 18.7. The second kappa shape index (κ2) is 14.8. The molecule has 1 aliphatic heterocycles. The van der Waals surface area contributed by atoms with Crippen molar-refractivity contribution in [1.82, 2.24) is 10.2 Å². The SMILES string of the molecule is CCOC(COCCNC(=O)C1CCCN(C(=O)CCOc2ccccc2)C1)OCC. The maximum absolute atomic E-state index is 12.5. The van der Waals surface area contributed by atoms with Crippen molar-refractivity contribution in [2.45, 2.75) is 39.4 Å². The van der Waals surface area contributed by atoms with Gasteiger partial charge >= 0.3 is 0 Å². The van der Waals surface area contributed by atoms with E-state index in [1.165, 1.54) is 0 Å². The number of hydrogen-bond acceptors (Lipinski definition) is 6. The molecule has 0 radical (unpaired) electrons.